The number of anilines is 1. The molecule has 0 spiro atoms. The first kappa shape index (κ1) is 13.5. The van der Waals surface area contributed by atoms with Gasteiger partial charge in [0.2, 0.25) is 11.9 Å². The Bertz CT molecular complexity index is 562. The molecule has 5 heteroatoms. The summed E-state index contributed by atoms with van der Waals surface area (Å²) in [6, 6.07) is 7.94. The molecule has 2 aromatic rings. The van der Waals surface area contributed by atoms with Gasteiger partial charge in [0.1, 0.15) is 0 Å². The zero-order valence-electron chi connectivity index (χ0n) is 11.4. The lowest BCUT2D eigenvalue weighted by Crippen LogP contribution is -2.20. The fraction of sp³-hybridized carbons (Fsp3) is 0.429. The van der Waals surface area contributed by atoms with Crippen LogP contribution >= 0.6 is 0 Å². The van der Waals surface area contributed by atoms with Crippen LogP contribution in [0.3, 0.4) is 0 Å². The van der Waals surface area contributed by atoms with Crippen LogP contribution in [0, 0.1) is 0 Å². The van der Waals surface area contributed by atoms with Crippen LogP contribution in [0.15, 0.2) is 24.3 Å². The van der Waals surface area contributed by atoms with Crippen molar-refractivity contribution < 1.29 is 4.79 Å². The third kappa shape index (κ3) is 3.12. The quantitative estimate of drug-likeness (QED) is 0.835. The van der Waals surface area contributed by atoms with Crippen molar-refractivity contribution in [2.75, 3.05) is 18.9 Å². The molecule has 0 atom stereocenters. The molecule has 5 nitrogen and oxygen atoms in total. The molecule has 0 bridgehead atoms. The summed E-state index contributed by atoms with van der Waals surface area (Å²) >= 11 is 0. The number of nitrogens with zero attached hydrogens (tertiary/aromatic N) is 2. The van der Waals surface area contributed by atoms with Crippen molar-refractivity contribution in [3.8, 4) is 0 Å². The van der Waals surface area contributed by atoms with E-state index < -0.39 is 0 Å². The minimum absolute atomic E-state index is 0.0120. The van der Waals surface area contributed by atoms with Gasteiger partial charge in [-0.3, -0.25) is 10.1 Å². The highest BCUT2D eigenvalue weighted by Gasteiger charge is 2.11. The monoisotopic (exact) mass is 260 g/mol. The van der Waals surface area contributed by atoms with Crippen LogP contribution in [-0.2, 0) is 11.3 Å². The first-order valence-electron chi connectivity index (χ1n) is 6.66. The Morgan fingerprint density at radius 2 is 2.16 bits per heavy atom. The Balaban J connectivity index is 2.26. The molecule has 1 heterocycles. The largest absolute Gasteiger partial charge is 0.319 e. The van der Waals surface area contributed by atoms with Gasteiger partial charge in [-0.15, -0.1) is 0 Å². The van der Waals surface area contributed by atoms with Gasteiger partial charge in [-0.25, -0.2) is 4.98 Å². The maximum Gasteiger partial charge on any atom is 0.227 e. The molecule has 0 fully saturated rings. The number of fused-ring (bicyclic) bond motifs is 1. The smallest absolute Gasteiger partial charge is 0.227 e. The van der Waals surface area contributed by atoms with Crippen LogP contribution in [0.2, 0.25) is 0 Å². The van der Waals surface area contributed by atoms with E-state index in [4.69, 9.17) is 0 Å². The van der Waals surface area contributed by atoms with Crippen molar-refractivity contribution in [2.24, 2.45) is 0 Å². The SMILES string of the molecule is CCCn1c(NC(=O)CCNC)nc2ccccc21. The molecule has 0 saturated carbocycles. The molecule has 1 aromatic carbocycles. The summed E-state index contributed by atoms with van der Waals surface area (Å²) in [6.45, 7) is 3.63. The molecule has 0 aliphatic carbocycles. The van der Waals surface area contributed by atoms with Crippen molar-refractivity contribution in [1.29, 1.82) is 0 Å². The van der Waals surface area contributed by atoms with Crippen molar-refractivity contribution in [3.63, 3.8) is 0 Å². The summed E-state index contributed by atoms with van der Waals surface area (Å²) in [5, 5.41) is 5.86. The number of carbonyl (C=O) groups is 1. The number of hydrogen-bond donors (Lipinski definition) is 2. The van der Waals surface area contributed by atoms with E-state index in [1.165, 1.54) is 0 Å². The lowest BCUT2D eigenvalue weighted by molar-refractivity contribution is -0.116. The number of rotatable bonds is 6. The Hall–Kier alpha value is -1.88. The predicted octanol–water partition coefficient (Wildman–Crippen LogP) is 1.99. The fourth-order valence-corrected chi connectivity index (χ4v) is 2.05. The number of imidazole rings is 1. The maximum atomic E-state index is 11.8. The first-order valence-corrected chi connectivity index (χ1v) is 6.66. The van der Waals surface area contributed by atoms with Gasteiger partial charge >= 0.3 is 0 Å². The Labute approximate surface area is 113 Å². The van der Waals surface area contributed by atoms with E-state index in [0.717, 1.165) is 24.0 Å². The van der Waals surface area contributed by atoms with Crippen LogP contribution in [0.1, 0.15) is 19.8 Å². The number of carbonyl (C=O) groups excluding carboxylic acids is 1. The van der Waals surface area contributed by atoms with Gasteiger partial charge in [0.25, 0.3) is 0 Å². The van der Waals surface area contributed by atoms with Gasteiger partial charge in [0, 0.05) is 19.5 Å². The summed E-state index contributed by atoms with van der Waals surface area (Å²) in [4.78, 5) is 16.3. The molecule has 2 N–H and O–H groups in total. The molecule has 2 rings (SSSR count). The second-order valence-corrected chi connectivity index (χ2v) is 4.48. The highest BCUT2D eigenvalue weighted by molar-refractivity contribution is 5.91. The van der Waals surface area contributed by atoms with Gasteiger partial charge in [-0.05, 0) is 25.6 Å². The molecule has 19 heavy (non-hydrogen) atoms. The minimum Gasteiger partial charge on any atom is -0.319 e. The molecular weight excluding hydrogens is 240 g/mol. The van der Waals surface area contributed by atoms with Crippen molar-refractivity contribution in [1.82, 2.24) is 14.9 Å². The number of para-hydroxylation sites is 2. The Morgan fingerprint density at radius 3 is 2.89 bits per heavy atom. The first-order chi connectivity index (χ1) is 9.26. The molecule has 1 amide bonds. The highest BCUT2D eigenvalue weighted by atomic mass is 16.1. The van der Waals surface area contributed by atoms with Gasteiger partial charge in [0.15, 0.2) is 0 Å². The number of amides is 1. The zero-order valence-corrected chi connectivity index (χ0v) is 11.4. The Morgan fingerprint density at radius 1 is 1.37 bits per heavy atom. The van der Waals surface area contributed by atoms with Gasteiger partial charge in [-0.2, -0.15) is 0 Å². The second kappa shape index (κ2) is 6.33. The van der Waals surface area contributed by atoms with Gasteiger partial charge in [0.05, 0.1) is 11.0 Å². The molecule has 0 saturated heterocycles. The zero-order chi connectivity index (χ0) is 13.7. The second-order valence-electron chi connectivity index (χ2n) is 4.48. The third-order valence-corrected chi connectivity index (χ3v) is 2.96. The van der Waals surface area contributed by atoms with Crippen molar-refractivity contribution in [3.05, 3.63) is 24.3 Å². The van der Waals surface area contributed by atoms with E-state index in [2.05, 4.69) is 27.1 Å². The van der Waals surface area contributed by atoms with E-state index in [-0.39, 0.29) is 5.91 Å². The predicted molar refractivity (Wildman–Crippen MR) is 77.2 cm³/mol. The van der Waals surface area contributed by atoms with E-state index in [1.807, 2.05) is 31.3 Å². The summed E-state index contributed by atoms with van der Waals surface area (Å²) < 4.78 is 2.06. The average Bonchev–Trinajstić information content (AvgIpc) is 2.75. The molecule has 0 radical (unpaired) electrons. The number of benzene rings is 1. The standard InChI is InChI=1S/C14H20N4O/c1-3-10-18-12-7-5-4-6-11(12)16-14(18)17-13(19)8-9-15-2/h4-7,15H,3,8-10H2,1-2H3,(H,16,17,19). The maximum absolute atomic E-state index is 11.8. The number of hydrogen-bond acceptors (Lipinski definition) is 3. The highest BCUT2D eigenvalue weighted by Crippen LogP contribution is 2.20. The van der Waals surface area contributed by atoms with Crippen molar-refractivity contribution >= 4 is 22.9 Å². The molecular formula is C14H20N4O. The third-order valence-electron chi connectivity index (χ3n) is 2.96. The average molecular weight is 260 g/mol. The molecule has 0 unspecified atom stereocenters. The van der Waals surface area contributed by atoms with Crippen LogP contribution in [0.25, 0.3) is 11.0 Å². The van der Waals surface area contributed by atoms with Gasteiger partial charge < -0.3 is 9.88 Å². The summed E-state index contributed by atoms with van der Waals surface area (Å²) in [5.74, 6) is 0.631. The summed E-state index contributed by atoms with van der Waals surface area (Å²) in [7, 11) is 1.83. The number of nitrogens with one attached hydrogen (secondary N) is 2. The van der Waals surface area contributed by atoms with Crippen LogP contribution in [0.5, 0.6) is 0 Å². The molecule has 0 aliphatic rings. The van der Waals surface area contributed by atoms with E-state index >= 15 is 0 Å². The van der Waals surface area contributed by atoms with E-state index in [0.29, 0.717) is 18.9 Å². The summed E-state index contributed by atoms with van der Waals surface area (Å²) in [5.41, 5.74) is 1.98. The Kier molecular flexibility index (Phi) is 4.52. The minimum atomic E-state index is -0.0120. The van der Waals surface area contributed by atoms with Crippen LogP contribution in [0.4, 0.5) is 5.95 Å². The topological polar surface area (TPSA) is 59.0 Å². The molecule has 102 valence electrons. The molecule has 1 aromatic heterocycles. The normalized spacial score (nSPS) is 10.8. The fourth-order valence-electron chi connectivity index (χ4n) is 2.05. The van der Waals surface area contributed by atoms with Gasteiger partial charge in [-0.1, -0.05) is 19.1 Å². The number of aromatic nitrogens is 2. The van der Waals surface area contributed by atoms with E-state index in [9.17, 15) is 4.79 Å². The lowest BCUT2D eigenvalue weighted by Gasteiger charge is -2.08. The summed E-state index contributed by atoms with van der Waals surface area (Å²) in [6.07, 6.45) is 1.45. The van der Waals surface area contributed by atoms with Crippen LogP contribution < -0.4 is 10.6 Å². The van der Waals surface area contributed by atoms with Crippen LogP contribution in [-0.4, -0.2) is 29.1 Å². The van der Waals surface area contributed by atoms with Crippen molar-refractivity contribution in [2.45, 2.75) is 26.3 Å². The molecule has 0 aliphatic heterocycles. The van der Waals surface area contributed by atoms with E-state index in [1.54, 1.807) is 0 Å². The number of aryl methyl sites for hydroxylation is 1. The lowest BCUT2D eigenvalue weighted by atomic mass is 10.3.